The maximum Gasteiger partial charge on any atom is 0.291 e. The number of imide groups is 1. The molecule has 3 N–H and O–H groups in total. The highest BCUT2D eigenvalue weighted by molar-refractivity contribution is 6.13. The third-order valence-corrected chi connectivity index (χ3v) is 5.54. The number of likely N-dealkylation sites (tertiary alicyclic amines) is 1. The van der Waals surface area contributed by atoms with E-state index in [-0.39, 0.29) is 30.3 Å². The number of para-hydroxylation sites is 1. The monoisotopic (exact) mass is 330 g/mol. The van der Waals surface area contributed by atoms with Gasteiger partial charge in [0.1, 0.15) is 11.8 Å². The summed E-state index contributed by atoms with van der Waals surface area (Å²) in [7, 11) is 1.53. The molecule has 3 heterocycles. The van der Waals surface area contributed by atoms with E-state index in [0.717, 1.165) is 11.3 Å². The summed E-state index contributed by atoms with van der Waals surface area (Å²) in [5.74, 6) is -1.82. The lowest BCUT2D eigenvalue weighted by atomic mass is 9.76. The van der Waals surface area contributed by atoms with Crippen LogP contribution in [0.5, 0.6) is 0 Å². The second-order valence-electron chi connectivity index (χ2n) is 6.72. The highest BCUT2D eigenvalue weighted by Gasteiger charge is 2.73. The van der Waals surface area contributed by atoms with Gasteiger partial charge in [0.15, 0.2) is 0 Å². The molecule has 7 heteroatoms. The number of ether oxygens (including phenoxy) is 1. The minimum absolute atomic E-state index is 0.143. The Labute approximate surface area is 139 Å². The van der Waals surface area contributed by atoms with Crippen LogP contribution in [0, 0.1) is 11.8 Å². The topological polar surface area (TPSA) is 92.3 Å². The number of rotatable bonds is 3. The van der Waals surface area contributed by atoms with E-state index in [1.807, 2.05) is 36.5 Å². The van der Waals surface area contributed by atoms with Crippen molar-refractivity contribution in [3.63, 3.8) is 0 Å². The number of benzene rings is 1. The number of nitrogens with zero attached hydrogens (tertiary/aromatic N) is 1. The van der Waals surface area contributed by atoms with Crippen LogP contribution in [0.15, 0.2) is 24.3 Å². The van der Waals surface area contributed by atoms with E-state index in [1.165, 1.54) is 12.0 Å². The first-order chi connectivity index (χ1) is 11.5. The Balaban J connectivity index is 1.82. The average Bonchev–Trinajstić information content (AvgIpc) is 3.12. The first kappa shape index (κ1) is 15.3. The number of hydrogen-bond donors (Lipinski definition) is 2. The second-order valence-corrected chi connectivity index (χ2v) is 6.72. The normalized spacial score (nSPS) is 34.0. The molecule has 0 bridgehead atoms. The summed E-state index contributed by atoms with van der Waals surface area (Å²) >= 11 is 0. The number of nitrogens with one attached hydrogen (secondary N) is 1. The molecule has 126 valence electrons. The molecule has 0 saturated carbocycles. The summed E-state index contributed by atoms with van der Waals surface area (Å²) in [6.45, 7) is 2.43. The van der Waals surface area contributed by atoms with Crippen molar-refractivity contribution >= 4 is 23.4 Å². The quantitative estimate of drug-likeness (QED) is 0.699. The molecule has 3 aliphatic rings. The van der Waals surface area contributed by atoms with Gasteiger partial charge in [0, 0.05) is 12.7 Å². The van der Waals surface area contributed by atoms with Gasteiger partial charge in [-0.1, -0.05) is 18.2 Å². The maximum atomic E-state index is 13.0. The van der Waals surface area contributed by atoms with Crippen LogP contribution in [-0.2, 0) is 24.7 Å². The standard InChI is InChI=1S/C17H19N3O4/c1-9-12-13(15(22)20(14(12)21)7-8-24-2)17(19-9)10-5-3-4-6-11(10)18-16(17)23/h3-6,9,12-13,19H,7-8H2,1-2H3,(H,18,23)/p+1/t9-,12+,13-,17-/m0/s1. The Morgan fingerprint density at radius 2 is 2.00 bits per heavy atom. The van der Waals surface area contributed by atoms with Crippen molar-refractivity contribution in [2.24, 2.45) is 11.8 Å². The van der Waals surface area contributed by atoms with Gasteiger partial charge < -0.3 is 15.4 Å². The van der Waals surface area contributed by atoms with Crippen molar-refractivity contribution in [2.45, 2.75) is 18.5 Å². The predicted octanol–water partition coefficient (Wildman–Crippen LogP) is -0.953. The van der Waals surface area contributed by atoms with E-state index in [9.17, 15) is 14.4 Å². The fraction of sp³-hybridized carbons (Fsp3) is 0.471. The molecule has 1 aromatic carbocycles. The fourth-order valence-electron chi connectivity index (χ4n) is 4.56. The molecule has 4 rings (SSSR count). The third-order valence-electron chi connectivity index (χ3n) is 5.54. The van der Waals surface area contributed by atoms with Crippen LogP contribution in [-0.4, -0.2) is 48.9 Å². The van der Waals surface area contributed by atoms with E-state index in [0.29, 0.717) is 6.61 Å². The van der Waals surface area contributed by atoms with E-state index in [1.54, 1.807) is 0 Å². The lowest BCUT2D eigenvalue weighted by Gasteiger charge is -2.25. The van der Waals surface area contributed by atoms with Gasteiger partial charge in [-0.25, -0.2) is 0 Å². The van der Waals surface area contributed by atoms with Gasteiger partial charge in [-0.3, -0.25) is 19.3 Å². The van der Waals surface area contributed by atoms with E-state index < -0.39 is 17.4 Å². The Morgan fingerprint density at radius 1 is 1.25 bits per heavy atom. The number of anilines is 1. The number of carbonyl (C=O) groups is 3. The highest BCUT2D eigenvalue weighted by atomic mass is 16.5. The van der Waals surface area contributed by atoms with Gasteiger partial charge in [-0.2, -0.15) is 0 Å². The molecule has 7 nitrogen and oxygen atoms in total. The second kappa shape index (κ2) is 5.12. The predicted molar refractivity (Wildman–Crippen MR) is 83.7 cm³/mol. The molecule has 3 amide bonds. The molecule has 4 atom stereocenters. The maximum absolute atomic E-state index is 13.0. The number of hydrogen-bond acceptors (Lipinski definition) is 4. The molecule has 0 aromatic heterocycles. The van der Waals surface area contributed by atoms with Crippen LogP contribution in [0.25, 0.3) is 0 Å². The van der Waals surface area contributed by atoms with Gasteiger partial charge in [0.25, 0.3) is 5.91 Å². The van der Waals surface area contributed by atoms with Gasteiger partial charge in [0.05, 0.1) is 24.9 Å². The van der Waals surface area contributed by atoms with Crippen LogP contribution >= 0.6 is 0 Å². The summed E-state index contributed by atoms with van der Waals surface area (Å²) in [4.78, 5) is 39.9. The first-order valence-electron chi connectivity index (χ1n) is 8.13. The number of quaternary nitrogens is 1. The smallest absolute Gasteiger partial charge is 0.291 e. The van der Waals surface area contributed by atoms with Gasteiger partial charge in [-0.15, -0.1) is 0 Å². The molecule has 1 aromatic rings. The van der Waals surface area contributed by atoms with E-state index in [2.05, 4.69) is 5.32 Å². The Bertz CT molecular complexity index is 749. The zero-order valence-corrected chi connectivity index (χ0v) is 13.6. The summed E-state index contributed by atoms with van der Waals surface area (Å²) in [5, 5.41) is 4.78. The molecule has 0 unspecified atom stereocenters. The molecule has 3 aliphatic heterocycles. The Hall–Kier alpha value is -2.25. The van der Waals surface area contributed by atoms with Gasteiger partial charge in [0.2, 0.25) is 17.4 Å². The van der Waals surface area contributed by atoms with Crippen molar-refractivity contribution in [2.75, 3.05) is 25.6 Å². The lowest BCUT2D eigenvalue weighted by Crippen LogP contribution is -2.98. The third kappa shape index (κ3) is 1.71. The van der Waals surface area contributed by atoms with Crippen molar-refractivity contribution in [3.05, 3.63) is 29.8 Å². The molecular formula is C17H20N3O4+. The van der Waals surface area contributed by atoms with Crippen LogP contribution in [0.2, 0.25) is 0 Å². The minimum Gasteiger partial charge on any atom is -0.383 e. The fourth-order valence-corrected chi connectivity index (χ4v) is 4.56. The van der Waals surface area contributed by atoms with Crippen LogP contribution in [0.1, 0.15) is 12.5 Å². The van der Waals surface area contributed by atoms with Crippen molar-refractivity contribution in [1.29, 1.82) is 0 Å². The summed E-state index contributed by atoms with van der Waals surface area (Å²) in [6.07, 6.45) is 0. The lowest BCUT2D eigenvalue weighted by molar-refractivity contribution is -0.730. The molecule has 2 fully saturated rings. The molecule has 2 saturated heterocycles. The highest BCUT2D eigenvalue weighted by Crippen LogP contribution is 2.48. The Morgan fingerprint density at radius 3 is 2.75 bits per heavy atom. The molecule has 1 spiro atoms. The molecule has 0 radical (unpaired) electrons. The van der Waals surface area contributed by atoms with Crippen molar-refractivity contribution < 1.29 is 24.4 Å². The van der Waals surface area contributed by atoms with Gasteiger partial charge in [-0.05, 0) is 13.0 Å². The SMILES string of the molecule is COCCN1C(=O)[C@@H]2[C@H](C)[NH2+][C@]3(C(=O)Nc4ccccc43)[C@@H]2C1=O. The summed E-state index contributed by atoms with van der Waals surface area (Å²) in [6, 6.07) is 7.26. The van der Waals surface area contributed by atoms with Gasteiger partial charge >= 0.3 is 0 Å². The number of carbonyl (C=O) groups excluding carboxylic acids is 3. The number of amides is 3. The average molecular weight is 330 g/mol. The molecule has 24 heavy (non-hydrogen) atoms. The summed E-state index contributed by atoms with van der Waals surface area (Å²) < 4.78 is 5.01. The van der Waals surface area contributed by atoms with Crippen LogP contribution in [0.4, 0.5) is 5.69 Å². The summed E-state index contributed by atoms with van der Waals surface area (Å²) in [5.41, 5.74) is 0.473. The van der Waals surface area contributed by atoms with Crippen LogP contribution in [0.3, 0.4) is 0 Å². The van der Waals surface area contributed by atoms with E-state index >= 15 is 0 Å². The first-order valence-corrected chi connectivity index (χ1v) is 8.13. The number of fused-ring (bicyclic) bond motifs is 4. The minimum atomic E-state index is -1.05. The van der Waals surface area contributed by atoms with Crippen molar-refractivity contribution in [1.82, 2.24) is 4.90 Å². The largest absolute Gasteiger partial charge is 0.383 e. The van der Waals surface area contributed by atoms with Crippen LogP contribution < -0.4 is 10.6 Å². The molecular weight excluding hydrogens is 310 g/mol. The van der Waals surface area contributed by atoms with Crippen molar-refractivity contribution in [3.8, 4) is 0 Å². The zero-order valence-electron chi connectivity index (χ0n) is 13.6. The number of nitrogens with two attached hydrogens (primary N) is 1. The zero-order chi connectivity index (χ0) is 17.1. The van der Waals surface area contributed by atoms with E-state index in [4.69, 9.17) is 4.74 Å². The number of methoxy groups -OCH3 is 1. The molecule has 0 aliphatic carbocycles. The Kier molecular flexibility index (Phi) is 3.26.